The number of nitrogens with two attached hydrogens (primary N) is 1. The summed E-state index contributed by atoms with van der Waals surface area (Å²) in [5.74, 6) is 0.339. The lowest BCUT2D eigenvalue weighted by atomic mass is 9.97. The molecule has 33 heavy (non-hydrogen) atoms. The van der Waals surface area contributed by atoms with Crippen LogP contribution < -0.4 is 5.73 Å². The van der Waals surface area contributed by atoms with Crippen LogP contribution in [0.5, 0.6) is 0 Å². The van der Waals surface area contributed by atoms with Crippen molar-refractivity contribution in [2.75, 3.05) is 18.9 Å². The average molecular weight is 458 g/mol. The molecule has 1 unspecified atom stereocenters. The van der Waals surface area contributed by atoms with Gasteiger partial charge in [-0.15, -0.1) is 0 Å². The minimum absolute atomic E-state index is 0.0890. The van der Waals surface area contributed by atoms with Crippen molar-refractivity contribution in [1.29, 1.82) is 0 Å². The van der Waals surface area contributed by atoms with Gasteiger partial charge < -0.3 is 15.4 Å². The van der Waals surface area contributed by atoms with Crippen LogP contribution in [0.3, 0.4) is 0 Å². The Morgan fingerprint density at radius 1 is 1.27 bits per heavy atom. The fourth-order valence-corrected chi connectivity index (χ4v) is 4.04. The molecule has 0 aliphatic carbocycles. The van der Waals surface area contributed by atoms with Gasteiger partial charge in [0.2, 0.25) is 0 Å². The standard InChI is InChI=1S/C24H25F3N4O2/c1-14-9-18-10-16(3-6-21(18)30-22(14)28)23(32)31(15(2)17-7-8-33-13-17)12-20-5-4-19(11-29-20)24(25,26)27/h3-6,9-11,15,17H,7-8,12-13H2,1-2H3,(H2,28,30)/t15?,17-/m1/s1. The van der Waals surface area contributed by atoms with E-state index in [1.165, 1.54) is 6.07 Å². The van der Waals surface area contributed by atoms with Gasteiger partial charge in [-0.05, 0) is 62.2 Å². The third-order valence-corrected chi connectivity index (χ3v) is 6.18. The van der Waals surface area contributed by atoms with Gasteiger partial charge in [-0.3, -0.25) is 9.78 Å². The molecule has 1 saturated heterocycles. The number of halogens is 3. The average Bonchev–Trinajstić information content (AvgIpc) is 3.32. The Morgan fingerprint density at radius 3 is 2.70 bits per heavy atom. The van der Waals surface area contributed by atoms with Crippen LogP contribution in [0.2, 0.25) is 0 Å². The summed E-state index contributed by atoms with van der Waals surface area (Å²) in [6.45, 7) is 5.03. The molecule has 0 saturated carbocycles. The highest BCUT2D eigenvalue weighted by molar-refractivity contribution is 5.98. The van der Waals surface area contributed by atoms with Gasteiger partial charge in [0.15, 0.2) is 0 Å². The Balaban J connectivity index is 1.66. The van der Waals surface area contributed by atoms with Crippen molar-refractivity contribution in [3.63, 3.8) is 0 Å². The molecular weight excluding hydrogens is 433 g/mol. The smallest absolute Gasteiger partial charge is 0.383 e. The van der Waals surface area contributed by atoms with E-state index in [4.69, 9.17) is 10.5 Å². The van der Waals surface area contributed by atoms with Gasteiger partial charge in [0.1, 0.15) is 5.82 Å². The molecule has 0 spiro atoms. The van der Waals surface area contributed by atoms with Crippen molar-refractivity contribution in [2.45, 2.75) is 39.0 Å². The van der Waals surface area contributed by atoms with Crippen LogP contribution in [0, 0.1) is 12.8 Å². The second kappa shape index (κ2) is 8.97. The Morgan fingerprint density at radius 2 is 2.06 bits per heavy atom. The lowest BCUT2D eigenvalue weighted by molar-refractivity contribution is -0.137. The quantitative estimate of drug-likeness (QED) is 0.604. The number of pyridine rings is 2. The summed E-state index contributed by atoms with van der Waals surface area (Å²) >= 11 is 0. The molecule has 0 bridgehead atoms. The zero-order chi connectivity index (χ0) is 23.8. The fourth-order valence-electron chi connectivity index (χ4n) is 4.04. The molecule has 3 heterocycles. The van der Waals surface area contributed by atoms with Gasteiger partial charge in [-0.2, -0.15) is 13.2 Å². The molecule has 1 fully saturated rings. The summed E-state index contributed by atoms with van der Waals surface area (Å²) in [6, 6.07) is 9.20. The molecule has 9 heteroatoms. The number of nitrogen functional groups attached to an aromatic ring is 1. The van der Waals surface area contributed by atoms with Crippen molar-refractivity contribution in [3.05, 3.63) is 65.0 Å². The molecule has 1 aromatic carbocycles. The van der Waals surface area contributed by atoms with E-state index in [1.807, 2.05) is 19.9 Å². The van der Waals surface area contributed by atoms with Gasteiger partial charge in [0.05, 0.1) is 29.9 Å². The SMILES string of the molecule is Cc1cc2cc(C(=O)N(Cc3ccc(C(F)(F)F)cn3)C(C)[C@@H]3CCOC3)ccc2nc1N. The summed E-state index contributed by atoms with van der Waals surface area (Å²) < 4.78 is 44.2. The van der Waals surface area contributed by atoms with E-state index in [0.29, 0.717) is 35.8 Å². The first kappa shape index (κ1) is 23.0. The molecular formula is C24H25F3N4O2. The van der Waals surface area contributed by atoms with Crippen LogP contribution in [-0.4, -0.2) is 40.0 Å². The third kappa shape index (κ3) is 4.93. The number of aryl methyl sites for hydroxylation is 1. The lowest BCUT2D eigenvalue weighted by Crippen LogP contribution is -2.42. The van der Waals surface area contributed by atoms with Gasteiger partial charge >= 0.3 is 6.18 Å². The second-order valence-electron chi connectivity index (χ2n) is 8.43. The number of fused-ring (bicyclic) bond motifs is 1. The summed E-state index contributed by atoms with van der Waals surface area (Å²) in [4.78, 5) is 23.6. The number of carbonyl (C=O) groups is 1. The van der Waals surface area contributed by atoms with Gasteiger partial charge in [-0.25, -0.2) is 4.98 Å². The Bertz CT molecular complexity index is 1160. The number of alkyl halides is 3. The van der Waals surface area contributed by atoms with E-state index in [0.717, 1.165) is 29.6 Å². The summed E-state index contributed by atoms with van der Waals surface area (Å²) in [5.41, 5.74) is 7.41. The number of hydrogen-bond donors (Lipinski definition) is 1. The first-order valence-corrected chi connectivity index (χ1v) is 10.7. The van der Waals surface area contributed by atoms with Crippen molar-refractivity contribution in [3.8, 4) is 0 Å². The minimum atomic E-state index is -4.46. The van der Waals surface area contributed by atoms with E-state index in [1.54, 1.807) is 23.1 Å². The van der Waals surface area contributed by atoms with Crippen LogP contribution in [0.15, 0.2) is 42.6 Å². The predicted molar refractivity (Wildman–Crippen MR) is 118 cm³/mol. The molecule has 3 aromatic rings. The Hall–Kier alpha value is -3.20. The van der Waals surface area contributed by atoms with Crippen molar-refractivity contribution >= 4 is 22.6 Å². The number of rotatable bonds is 5. The van der Waals surface area contributed by atoms with Crippen LogP contribution >= 0.6 is 0 Å². The predicted octanol–water partition coefficient (Wildman–Crippen LogP) is 4.61. The zero-order valence-electron chi connectivity index (χ0n) is 18.4. The molecule has 4 rings (SSSR count). The Labute approximate surface area is 189 Å². The van der Waals surface area contributed by atoms with E-state index >= 15 is 0 Å². The highest BCUT2D eigenvalue weighted by atomic mass is 19.4. The number of hydrogen-bond acceptors (Lipinski definition) is 5. The van der Waals surface area contributed by atoms with Crippen molar-refractivity contribution < 1.29 is 22.7 Å². The first-order valence-electron chi connectivity index (χ1n) is 10.7. The number of anilines is 1. The van der Waals surface area contributed by atoms with Crippen molar-refractivity contribution in [1.82, 2.24) is 14.9 Å². The highest BCUT2D eigenvalue weighted by Gasteiger charge is 2.33. The minimum Gasteiger partial charge on any atom is -0.383 e. The first-order chi connectivity index (χ1) is 15.6. The molecule has 0 radical (unpaired) electrons. The van der Waals surface area contributed by atoms with Crippen LogP contribution in [0.25, 0.3) is 10.9 Å². The van der Waals surface area contributed by atoms with E-state index in [-0.39, 0.29) is 24.4 Å². The monoisotopic (exact) mass is 458 g/mol. The van der Waals surface area contributed by atoms with Crippen molar-refractivity contribution in [2.24, 2.45) is 5.92 Å². The zero-order valence-corrected chi connectivity index (χ0v) is 18.4. The van der Waals surface area contributed by atoms with Crippen LogP contribution in [0.4, 0.5) is 19.0 Å². The van der Waals surface area contributed by atoms with Gasteiger partial charge in [-0.1, -0.05) is 0 Å². The maximum Gasteiger partial charge on any atom is 0.417 e. The van der Waals surface area contributed by atoms with E-state index in [9.17, 15) is 18.0 Å². The number of ether oxygens (including phenoxy) is 1. The number of benzene rings is 1. The van der Waals surface area contributed by atoms with Crippen LogP contribution in [-0.2, 0) is 17.5 Å². The molecule has 1 amide bonds. The second-order valence-corrected chi connectivity index (χ2v) is 8.43. The number of nitrogens with zero attached hydrogens (tertiary/aromatic N) is 3. The van der Waals surface area contributed by atoms with E-state index in [2.05, 4.69) is 9.97 Å². The summed E-state index contributed by atoms with van der Waals surface area (Å²) in [6.07, 6.45) is -2.85. The normalized spacial score (nSPS) is 17.3. The highest BCUT2D eigenvalue weighted by Crippen LogP contribution is 2.29. The number of amides is 1. The molecule has 2 N–H and O–H groups in total. The molecule has 2 atom stereocenters. The largest absolute Gasteiger partial charge is 0.417 e. The summed E-state index contributed by atoms with van der Waals surface area (Å²) in [7, 11) is 0. The number of carbonyl (C=O) groups excluding carboxylic acids is 1. The topological polar surface area (TPSA) is 81.3 Å². The lowest BCUT2D eigenvalue weighted by Gasteiger charge is -2.32. The maximum atomic E-state index is 13.6. The molecule has 1 aliphatic heterocycles. The Kier molecular flexibility index (Phi) is 6.25. The molecule has 1 aliphatic rings. The van der Waals surface area contributed by atoms with Gasteiger partial charge in [0.25, 0.3) is 5.91 Å². The third-order valence-electron chi connectivity index (χ3n) is 6.18. The summed E-state index contributed by atoms with van der Waals surface area (Å²) in [5, 5.41) is 0.789. The van der Waals surface area contributed by atoms with Crippen LogP contribution in [0.1, 0.15) is 40.5 Å². The molecule has 174 valence electrons. The molecule has 6 nitrogen and oxygen atoms in total. The maximum absolute atomic E-state index is 13.6. The molecule has 2 aromatic heterocycles. The number of aromatic nitrogens is 2. The fraction of sp³-hybridized carbons (Fsp3) is 0.375. The van der Waals surface area contributed by atoms with E-state index < -0.39 is 11.7 Å². The van der Waals surface area contributed by atoms with Gasteiger partial charge in [0, 0.05) is 35.7 Å².